The van der Waals surface area contributed by atoms with Gasteiger partial charge in [0.05, 0.1) is 6.61 Å². The first-order chi connectivity index (χ1) is 13.7. The summed E-state index contributed by atoms with van der Waals surface area (Å²) in [6, 6.07) is 6.82. The lowest BCUT2D eigenvalue weighted by atomic mass is 9.87. The lowest BCUT2D eigenvalue weighted by molar-refractivity contribution is 0.156. The molecule has 28 heavy (non-hydrogen) atoms. The molecule has 3 saturated heterocycles. The molecule has 154 valence electrons. The Balaban J connectivity index is 1.19. The summed E-state index contributed by atoms with van der Waals surface area (Å²) in [6.07, 6.45) is 2.39. The molecule has 1 aromatic rings. The third-order valence-electron chi connectivity index (χ3n) is 6.41. The number of rotatable bonds is 4. The van der Waals surface area contributed by atoms with Crippen LogP contribution in [0.4, 0.5) is 10.1 Å². The van der Waals surface area contributed by atoms with Crippen LogP contribution in [-0.4, -0.2) is 88.4 Å². The van der Waals surface area contributed by atoms with Crippen molar-refractivity contribution in [1.29, 1.82) is 0 Å². The molecule has 1 aromatic carbocycles. The van der Waals surface area contributed by atoms with Gasteiger partial charge in [0.15, 0.2) is 5.96 Å². The highest BCUT2D eigenvalue weighted by Gasteiger charge is 2.42. The third kappa shape index (κ3) is 4.41. The maximum atomic E-state index is 13.1. The monoisotopic (exact) mass is 389 g/mol. The summed E-state index contributed by atoms with van der Waals surface area (Å²) in [4.78, 5) is 11.7. The molecular formula is C21H32FN5O. The van der Waals surface area contributed by atoms with E-state index in [0.717, 1.165) is 77.2 Å². The van der Waals surface area contributed by atoms with Gasteiger partial charge in [-0.25, -0.2) is 4.39 Å². The Labute approximate surface area is 167 Å². The lowest BCUT2D eigenvalue weighted by Gasteiger charge is -2.36. The minimum atomic E-state index is -0.175. The molecule has 3 aliphatic rings. The second-order valence-corrected chi connectivity index (χ2v) is 8.25. The normalized spacial score (nSPS) is 26.4. The van der Waals surface area contributed by atoms with Crippen LogP contribution in [0, 0.1) is 11.2 Å². The first-order valence-electron chi connectivity index (χ1n) is 10.4. The van der Waals surface area contributed by atoms with Crippen molar-refractivity contribution in [3.8, 4) is 0 Å². The Morgan fingerprint density at radius 3 is 2.61 bits per heavy atom. The molecule has 1 N–H and O–H groups in total. The van der Waals surface area contributed by atoms with Crippen LogP contribution in [0.2, 0.25) is 0 Å². The van der Waals surface area contributed by atoms with Gasteiger partial charge in [-0.1, -0.05) is 0 Å². The zero-order valence-electron chi connectivity index (χ0n) is 16.9. The van der Waals surface area contributed by atoms with E-state index in [1.54, 1.807) is 0 Å². The fourth-order valence-corrected chi connectivity index (χ4v) is 4.63. The van der Waals surface area contributed by atoms with Gasteiger partial charge in [-0.05, 0) is 37.1 Å². The van der Waals surface area contributed by atoms with E-state index in [9.17, 15) is 4.39 Å². The zero-order chi connectivity index (χ0) is 19.4. The van der Waals surface area contributed by atoms with E-state index in [2.05, 4.69) is 25.0 Å². The fraction of sp³-hybridized carbons (Fsp3) is 0.667. The Bertz CT molecular complexity index is 666. The number of hydrogen-bond acceptors (Lipinski definition) is 4. The summed E-state index contributed by atoms with van der Waals surface area (Å²) < 4.78 is 18.7. The van der Waals surface area contributed by atoms with E-state index in [1.807, 2.05) is 19.2 Å². The highest BCUT2D eigenvalue weighted by Crippen LogP contribution is 2.38. The quantitative estimate of drug-likeness (QED) is 0.626. The molecule has 0 radical (unpaired) electrons. The van der Waals surface area contributed by atoms with E-state index in [1.165, 1.54) is 25.0 Å². The molecular weight excluding hydrogens is 357 g/mol. The van der Waals surface area contributed by atoms with Crippen LogP contribution in [0.5, 0.6) is 0 Å². The van der Waals surface area contributed by atoms with E-state index >= 15 is 0 Å². The van der Waals surface area contributed by atoms with Crippen molar-refractivity contribution in [1.82, 2.24) is 15.1 Å². The Hall–Kier alpha value is -1.86. The predicted molar refractivity (Wildman–Crippen MR) is 110 cm³/mol. The molecule has 3 aliphatic heterocycles. The highest BCUT2D eigenvalue weighted by molar-refractivity contribution is 5.80. The van der Waals surface area contributed by atoms with E-state index < -0.39 is 0 Å². The number of anilines is 1. The number of halogens is 1. The highest BCUT2D eigenvalue weighted by atomic mass is 19.1. The molecule has 6 nitrogen and oxygen atoms in total. The van der Waals surface area contributed by atoms with Crippen molar-refractivity contribution in [2.24, 2.45) is 10.4 Å². The van der Waals surface area contributed by atoms with Crippen molar-refractivity contribution in [2.75, 3.05) is 77.5 Å². The summed E-state index contributed by atoms with van der Waals surface area (Å²) in [6.45, 7) is 9.88. The topological polar surface area (TPSA) is 43.3 Å². The number of hydrogen-bond donors (Lipinski definition) is 1. The predicted octanol–water partition coefficient (Wildman–Crippen LogP) is 1.64. The van der Waals surface area contributed by atoms with Gasteiger partial charge in [0, 0.05) is 77.1 Å². The molecule has 0 amide bonds. The van der Waals surface area contributed by atoms with Gasteiger partial charge in [0.2, 0.25) is 0 Å². The molecule has 4 rings (SSSR count). The standard InChI is InChI=1S/C21H32FN5O/c1-23-20(27-9-6-21(16-27)7-15-28-17-21)24-8-10-25-11-13-26(14-12-25)19-4-2-18(22)3-5-19/h2-5H,6-17H2,1H3,(H,23,24). The first kappa shape index (κ1) is 19.5. The summed E-state index contributed by atoms with van der Waals surface area (Å²) in [5, 5.41) is 3.55. The molecule has 1 atom stereocenters. The Kier molecular flexibility index (Phi) is 6.01. The summed E-state index contributed by atoms with van der Waals surface area (Å²) >= 11 is 0. The minimum Gasteiger partial charge on any atom is -0.381 e. The molecule has 0 saturated carbocycles. The van der Waals surface area contributed by atoms with Crippen molar-refractivity contribution in [3.05, 3.63) is 30.1 Å². The van der Waals surface area contributed by atoms with E-state index in [-0.39, 0.29) is 5.82 Å². The van der Waals surface area contributed by atoms with Crippen LogP contribution in [0.15, 0.2) is 29.3 Å². The maximum Gasteiger partial charge on any atom is 0.193 e. The molecule has 0 aromatic heterocycles. The number of nitrogens with zero attached hydrogens (tertiary/aromatic N) is 4. The summed E-state index contributed by atoms with van der Waals surface area (Å²) in [7, 11) is 1.87. The molecule has 3 fully saturated rings. The molecule has 3 heterocycles. The van der Waals surface area contributed by atoms with Gasteiger partial charge in [0.1, 0.15) is 5.82 Å². The number of aliphatic imine (C=N–C) groups is 1. The van der Waals surface area contributed by atoms with Gasteiger partial charge in [0.25, 0.3) is 0 Å². The second kappa shape index (κ2) is 8.66. The zero-order valence-corrected chi connectivity index (χ0v) is 16.9. The number of guanidine groups is 1. The third-order valence-corrected chi connectivity index (χ3v) is 6.41. The number of likely N-dealkylation sites (tertiary alicyclic amines) is 1. The van der Waals surface area contributed by atoms with Crippen LogP contribution in [-0.2, 0) is 4.74 Å². The van der Waals surface area contributed by atoms with Crippen molar-refractivity contribution in [3.63, 3.8) is 0 Å². The number of piperazine rings is 1. The molecule has 7 heteroatoms. The largest absolute Gasteiger partial charge is 0.381 e. The molecule has 0 aliphatic carbocycles. The van der Waals surface area contributed by atoms with Crippen LogP contribution in [0.25, 0.3) is 0 Å². The van der Waals surface area contributed by atoms with Crippen LogP contribution in [0.1, 0.15) is 12.8 Å². The second-order valence-electron chi connectivity index (χ2n) is 8.25. The maximum absolute atomic E-state index is 13.1. The lowest BCUT2D eigenvalue weighted by Crippen LogP contribution is -2.49. The summed E-state index contributed by atoms with van der Waals surface area (Å²) in [5.74, 6) is 0.847. The molecule has 0 bridgehead atoms. The minimum absolute atomic E-state index is 0.175. The Morgan fingerprint density at radius 1 is 1.14 bits per heavy atom. The average molecular weight is 390 g/mol. The van der Waals surface area contributed by atoms with E-state index in [4.69, 9.17) is 4.74 Å². The van der Waals surface area contributed by atoms with Crippen LogP contribution >= 0.6 is 0 Å². The fourth-order valence-electron chi connectivity index (χ4n) is 4.63. The molecule has 1 spiro atoms. The van der Waals surface area contributed by atoms with Gasteiger partial charge in [-0.3, -0.25) is 9.89 Å². The molecule has 1 unspecified atom stereocenters. The van der Waals surface area contributed by atoms with Crippen molar-refractivity contribution < 1.29 is 9.13 Å². The smallest absolute Gasteiger partial charge is 0.193 e. The van der Waals surface area contributed by atoms with Crippen molar-refractivity contribution in [2.45, 2.75) is 12.8 Å². The SMILES string of the molecule is CN=C(NCCN1CCN(c2ccc(F)cc2)CC1)N1CCC2(CCOC2)C1. The Morgan fingerprint density at radius 2 is 1.93 bits per heavy atom. The van der Waals surface area contributed by atoms with Crippen LogP contribution in [0.3, 0.4) is 0 Å². The van der Waals surface area contributed by atoms with E-state index in [0.29, 0.717) is 5.41 Å². The summed E-state index contributed by atoms with van der Waals surface area (Å²) in [5.41, 5.74) is 1.47. The van der Waals surface area contributed by atoms with Crippen molar-refractivity contribution >= 4 is 11.6 Å². The van der Waals surface area contributed by atoms with Gasteiger partial charge < -0.3 is 19.9 Å². The van der Waals surface area contributed by atoms with Gasteiger partial charge in [-0.2, -0.15) is 0 Å². The van der Waals surface area contributed by atoms with Crippen LogP contribution < -0.4 is 10.2 Å². The number of nitrogens with one attached hydrogen (secondary N) is 1. The number of ether oxygens (including phenoxy) is 1. The number of benzene rings is 1. The first-order valence-corrected chi connectivity index (χ1v) is 10.4. The van der Waals surface area contributed by atoms with Gasteiger partial charge >= 0.3 is 0 Å². The van der Waals surface area contributed by atoms with Gasteiger partial charge in [-0.15, -0.1) is 0 Å². The average Bonchev–Trinajstić information content (AvgIpc) is 3.36.